The quantitative estimate of drug-likeness (QED) is 0.625. The molecule has 140 valence electrons. The molecule has 27 heavy (non-hydrogen) atoms. The first-order chi connectivity index (χ1) is 13.1. The second-order valence-electron chi connectivity index (χ2n) is 7.19. The molecule has 2 aromatic carbocycles. The highest BCUT2D eigenvalue weighted by Crippen LogP contribution is 2.29. The van der Waals surface area contributed by atoms with Crippen LogP contribution in [0.3, 0.4) is 0 Å². The molecular weight excluding hydrogens is 360 g/mol. The molecule has 1 heterocycles. The number of hydrogen-bond acceptors (Lipinski definition) is 2. The van der Waals surface area contributed by atoms with Crippen molar-refractivity contribution in [2.24, 2.45) is 0 Å². The van der Waals surface area contributed by atoms with Crippen molar-refractivity contribution in [3.63, 3.8) is 0 Å². The number of carbonyl (C=O) groups is 1. The van der Waals surface area contributed by atoms with E-state index in [4.69, 9.17) is 11.6 Å². The highest BCUT2D eigenvalue weighted by atomic mass is 35.5. The van der Waals surface area contributed by atoms with E-state index >= 15 is 0 Å². The fourth-order valence-electron chi connectivity index (χ4n) is 4.14. The normalized spacial score (nSPS) is 14.9. The Kier molecular flexibility index (Phi) is 5.19. The van der Waals surface area contributed by atoms with Gasteiger partial charge in [-0.3, -0.25) is 0 Å². The lowest BCUT2D eigenvalue weighted by Gasteiger charge is -2.13. The first-order valence-electron chi connectivity index (χ1n) is 9.45. The summed E-state index contributed by atoms with van der Waals surface area (Å²) in [7, 11) is 0. The number of nitrogens with zero attached hydrogens (tertiary/aromatic N) is 1. The number of carboxylic acids is 1. The molecule has 4 rings (SSSR count). The van der Waals surface area contributed by atoms with Crippen molar-refractivity contribution < 1.29 is 9.90 Å². The maximum atomic E-state index is 12.2. The van der Waals surface area contributed by atoms with Gasteiger partial charge in [-0.25, -0.2) is 4.79 Å². The minimum absolute atomic E-state index is 0.349. The van der Waals surface area contributed by atoms with E-state index in [0.717, 1.165) is 22.0 Å². The lowest BCUT2D eigenvalue weighted by Crippen LogP contribution is -2.26. The summed E-state index contributed by atoms with van der Waals surface area (Å²) < 4.78 is 1.88. The van der Waals surface area contributed by atoms with Crippen LogP contribution in [0.2, 0.25) is 5.02 Å². The van der Waals surface area contributed by atoms with E-state index in [2.05, 4.69) is 5.32 Å². The molecule has 0 amide bonds. The average Bonchev–Trinajstić information content (AvgIpc) is 3.28. The number of benzene rings is 2. The minimum Gasteiger partial charge on any atom is -0.477 e. The van der Waals surface area contributed by atoms with E-state index < -0.39 is 5.97 Å². The van der Waals surface area contributed by atoms with E-state index in [0.29, 0.717) is 29.8 Å². The summed E-state index contributed by atoms with van der Waals surface area (Å²) in [6, 6.07) is 16.0. The van der Waals surface area contributed by atoms with Crippen LogP contribution in [0.5, 0.6) is 0 Å². The van der Waals surface area contributed by atoms with Gasteiger partial charge in [0, 0.05) is 40.6 Å². The highest BCUT2D eigenvalue weighted by molar-refractivity contribution is 6.31. The molecule has 4 nitrogen and oxygen atoms in total. The molecule has 5 heteroatoms. The number of fused-ring (bicyclic) bond motifs is 1. The molecule has 1 saturated carbocycles. The van der Waals surface area contributed by atoms with Crippen LogP contribution >= 0.6 is 11.6 Å². The van der Waals surface area contributed by atoms with Crippen LogP contribution in [0.25, 0.3) is 10.9 Å². The van der Waals surface area contributed by atoms with Gasteiger partial charge in [0.1, 0.15) is 5.69 Å². The Labute approximate surface area is 163 Å². The molecule has 0 aliphatic heterocycles. The second kappa shape index (κ2) is 7.75. The predicted molar refractivity (Wildman–Crippen MR) is 109 cm³/mol. The second-order valence-corrected chi connectivity index (χ2v) is 7.60. The third kappa shape index (κ3) is 3.60. The average molecular weight is 383 g/mol. The lowest BCUT2D eigenvalue weighted by molar-refractivity contribution is 0.0684. The van der Waals surface area contributed by atoms with Crippen LogP contribution < -0.4 is 5.32 Å². The topological polar surface area (TPSA) is 54.3 Å². The zero-order chi connectivity index (χ0) is 18.8. The molecule has 0 bridgehead atoms. The van der Waals surface area contributed by atoms with Crippen LogP contribution in [-0.2, 0) is 13.1 Å². The van der Waals surface area contributed by atoms with E-state index in [1.165, 1.54) is 25.7 Å². The minimum atomic E-state index is -0.901. The highest BCUT2D eigenvalue weighted by Gasteiger charge is 2.24. The Morgan fingerprint density at radius 2 is 1.81 bits per heavy atom. The third-order valence-electron chi connectivity index (χ3n) is 5.49. The summed E-state index contributed by atoms with van der Waals surface area (Å²) in [5, 5.41) is 15.2. The van der Waals surface area contributed by atoms with Gasteiger partial charge >= 0.3 is 5.97 Å². The Morgan fingerprint density at radius 3 is 2.56 bits per heavy atom. The van der Waals surface area contributed by atoms with E-state index in [9.17, 15) is 9.90 Å². The molecule has 3 aromatic rings. The van der Waals surface area contributed by atoms with Gasteiger partial charge in [0.15, 0.2) is 0 Å². The zero-order valence-corrected chi connectivity index (χ0v) is 15.9. The molecule has 0 atom stereocenters. The molecule has 0 saturated heterocycles. The van der Waals surface area contributed by atoms with E-state index in [1.54, 1.807) is 0 Å². The van der Waals surface area contributed by atoms with Gasteiger partial charge in [0.2, 0.25) is 0 Å². The molecule has 0 radical (unpaired) electrons. The van der Waals surface area contributed by atoms with Gasteiger partial charge in [0.25, 0.3) is 0 Å². The van der Waals surface area contributed by atoms with Crippen LogP contribution in [0.4, 0.5) is 0 Å². The summed E-state index contributed by atoms with van der Waals surface area (Å²) in [5.41, 5.74) is 3.05. The zero-order valence-electron chi connectivity index (χ0n) is 15.1. The van der Waals surface area contributed by atoms with Crippen molar-refractivity contribution in [2.75, 3.05) is 0 Å². The van der Waals surface area contributed by atoms with Gasteiger partial charge in [-0.1, -0.05) is 60.8 Å². The molecule has 1 aliphatic carbocycles. The summed E-state index contributed by atoms with van der Waals surface area (Å²) in [6.45, 7) is 1.01. The summed E-state index contributed by atoms with van der Waals surface area (Å²) in [5.74, 6) is -0.901. The van der Waals surface area contributed by atoms with Crippen LogP contribution in [-0.4, -0.2) is 21.7 Å². The SMILES string of the molecule is O=C(O)c1c(CNC2CCCC2)c2ccccc2n1Cc1ccccc1Cl. The van der Waals surface area contributed by atoms with Gasteiger partial charge in [-0.15, -0.1) is 0 Å². The lowest BCUT2D eigenvalue weighted by atomic mass is 10.1. The number of para-hydroxylation sites is 1. The number of aromatic nitrogens is 1. The fraction of sp³-hybridized carbons (Fsp3) is 0.318. The molecule has 1 fully saturated rings. The Bertz CT molecular complexity index is 974. The van der Waals surface area contributed by atoms with Crippen molar-refractivity contribution >= 4 is 28.5 Å². The van der Waals surface area contributed by atoms with Crippen LogP contribution in [0, 0.1) is 0 Å². The van der Waals surface area contributed by atoms with Crippen molar-refractivity contribution in [3.05, 3.63) is 70.4 Å². The van der Waals surface area contributed by atoms with Gasteiger partial charge < -0.3 is 15.0 Å². The summed E-state index contributed by atoms with van der Waals surface area (Å²) >= 11 is 6.34. The van der Waals surface area contributed by atoms with E-state index in [-0.39, 0.29) is 0 Å². The molecule has 2 N–H and O–H groups in total. The molecule has 0 spiro atoms. The van der Waals surface area contributed by atoms with Gasteiger partial charge in [0.05, 0.1) is 0 Å². The monoisotopic (exact) mass is 382 g/mol. The van der Waals surface area contributed by atoms with Crippen molar-refractivity contribution in [3.8, 4) is 0 Å². The molecule has 1 aliphatic rings. The smallest absolute Gasteiger partial charge is 0.352 e. The van der Waals surface area contributed by atoms with E-state index in [1.807, 2.05) is 53.1 Å². The van der Waals surface area contributed by atoms with Crippen molar-refractivity contribution in [1.29, 1.82) is 0 Å². The third-order valence-corrected chi connectivity index (χ3v) is 5.86. The number of aromatic carboxylic acids is 1. The Hall–Kier alpha value is -2.30. The first-order valence-corrected chi connectivity index (χ1v) is 9.83. The summed E-state index contributed by atoms with van der Waals surface area (Å²) in [4.78, 5) is 12.2. The standard InChI is InChI=1S/C22H23ClN2O2/c23-19-11-5-1-7-15(19)14-25-20-12-6-4-10-17(20)18(21(25)22(26)27)13-24-16-8-2-3-9-16/h1,4-7,10-12,16,24H,2-3,8-9,13-14H2,(H,26,27). The van der Waals surface area contributed by atoms with Crippen molar-refractivity contribution in [1.82, 2.24) is 9.88 Å². The maximum absolute atomic E-state index is 12.2. The van der Waals surface area contributed by atoms with Gasteiger partial charge in [-0.05, 0) is 30.5 Å². The van der Waals surface area contributed by atoms with Crippen molar-refractivity contribution in [2.45, 2.75) is 44.8 Å². The molecule has 0 unspecified atom stereocenters. The number of nitrogens with one attached hydrogen (secondary N) is 1. The first kappa shape index (κ1) is 18.1. The Morgan fingerprint density at radius 1 is 1.11 bits per heavy atom. The number of rotatable bonds is 6. The summed E-state index contributed by atoms with van der Waals surface area (Å²) in [6.07, 6.45) is 4.83. The number of hydrogen-bond donors (Lipinski definition) is 2. The van der Waals surface area contributed by atoms with Gasteiger partial charge in [-0.2, -0.15) is 0 Å². The molecule has 1 aromatic heterocycles. The Balaban J connectivity index is 1.78. The number of halogens is 1. The molecular formula is C22H23ClN2O2. The van der Waals surface area contributed by atoms with Crippen LogP contribution in [0.1, 0.15) is 47.3 Å². The largest absolute Gasteiger partial charge is 0.477 e. The maximum Gasteiger partial charge on any atom is 0.352 e. The number of carboxylic acid groups (broad SMARTS) is 1. The predicted octanol–water partition coefficient (Wildman–Crippen LogP) is 5.07. The fourth-order valence-corrected chi connectivity index (χ4v) is 4.33. The van der Waals surface area contributed by atoms with Crippen LogP contribution in [0.15, 0.2) is 48.5 Å².